The normalized spacial score (nSPS) is 11.5. The van der Waals surface area contributed by atoms with Crippen LogP contribution in [0.1, 0.15) is 5.69 Å². The highest BCUT2D eigenvalue weighted by atomic mass is 19.4. The molecule has 0 aliphatic carbocycles. The van der Waals surface area contributed by atoms with Crippen LogP contribution in [0.25, 0.3) is 11.1 Å². The largest absolute Gasteiger partial charge is 0.497 e. The maximum Gasteiger partial charge on any atom is 0.433 e. The molecule has 17 heavy (non-hydrogen) atoms. The highest BCUT2D eigenvalue weighted by Gasteiger charge is 2.35. The summed E-state index contributed by atoms with van der Waals surface area (Å²) in [5.41, 5.74) is -0.437. The van der Waals surface area contributed by atoms with Gasteiger partial charge in [-0.05, 0) is 17.7 Å². The number of rotatable bonds is 2. The molecule has 1 heterocycles. The highest BCUT2D eigenvalue weighted by molar-refractivity contribution is 5.67. The summed E-state index contributed by atoms with van der Waals surface area (Å²) in [5, 5.41) is 5.40. The summed E-state index contributed by atoms with van der Waals surface area (Å²) in [6.07, 6.45) is -3.30. The number of aromatic nitrogens is 2. The average molecular weight is 242 g/mol. The van der Waals surface area contributed by atoms with Crippen LogP contribution in [0.5, 0.6) is 5.75 Å². The van der Waals surface area contributed by atoms with Crippen LogP contribution in [0, 0.1) is 0 Å². The molecule has 1 N–H and O–H groups in total. The van der Waals surface area contributed by atoms with Gasteiger partial charge in [-0.3, -0.25) is 5.10 Å². The molecule has 0 aliphatic heterocycles. The minimum atomic E-state index is -4.45. The molecule has 0 spiro atoms. The predicted molar refractivity (Wildman–Crippen MR) is 55.6 cm³/mol. The summed E-state index contributed by atoms with van der Waals surface area (Å²) in [6.45, 7) is 0. The minimum absolute atomic E-state index is 0.0106. The van der Waals surface area contributed by atoms with E-state index < -0.39 is 11.9 Å². The van der Waals surface area contributed by atoms with E-state index in [4.69, 9.17) is 4.74 Å². The number of aromatic amines is 1. The fraction of sp³-hybridized carbons (Fsp3) is 0.182. The van der Waals surface area contributed by atoms with Crippen LogP contribution < -0.4 is 4.74 Å². The molecule has 90 valence electrons. The van der Waals surface area contributed by atoms with Crippen molar-refractivity contribution in [2.45, 2.75) is 6.18 Å². The topological polar surface area (TPSA) is 37.9 Å². The second-order valence-corrected chi connectivity index (χ2v) is 3.39. The number of H-pyrrole nitrogens is 1. The first-order chi connectivity index (χ1) is 8.02. The van der Waals surface area contributed by atoms with Gasteiger partial charge in [-0.15, -0.1) is 0 Å². The molecule has 2 rings (SSSR count). The zero-order chi connectivity index (χ0) is 12.5. The zero-order valence-electron chi connectivity index (χ0n) is 8.88. The Morgan fingerprint density at radius 3 is 2.71 bits per heavy atom. The molecule has 1 aromatic carbocycles. The van der Waals surface area contributed by atoms with E-state index in [1.165, 1.54) is 13.2 Å². The van der Waals surface area contributed by atoms with Crippen molar-refractivity contribution in [3.05, 3.63) is 36.2 Å². The Morgan fingerprint density at radius 1 is 1.29 bits per heavy atom. The lowest BCUT2D eigenvalue weighted by atomic mass is 10.1. The molecule has 6 heteroatoms. The van der Waals surface area contributed by atoms with E-state index in [1.54, 1.807) is 18.2 Å². The number of hydrogen-bond acceptors (Lipinski definition) is 2. The van der Waals surface area contributed by atoms with Gasteiger partial charge in [0.1, 0.15) is 11.4 Å². The van der Waals surface area contributed by atoms with Gasteiger partial charge < -0.3 is 4.74 Å². The van der Waals surface area contributed by atoms with Gasteiger partial charge in [-0.2, -0.15) is 18.3 Å². The maximum atomic E-state index is 12.6. The lowest BCUT2D eigenvalue weighted by molar-refractivity contribution is -0.140. The summed E-state index contributed by atoms with van der Waals surface area (Å²) >= 11 is 0. The number of hydrogen-bond donors (Lipinski definition) is 1. The molecule has 0 bridgehead atoms. The number of methoxy groups -OCH3 is 1. The number of nitrogens with one attached hydrogen (secondary N) is 1. The van der Waals surface area contributed by atoms with Crippen molar-refractivity contribution >= 4 is 0 Å². The molecular weight excluding hydrogens is 233 g/mol. The Hall–Kier alpha value is -1.98. The van der Waals surface area contributed by atoms with E-state index in [9.17, 15) is 13.2 Å². The maximum absolute atomic E-state index is 12.6. The third kappa shape index (κ3) is 2.25. The zero-order valence-corrected chi connectivity index (χ0v) is 8.88. The summed E-state index contributed by atoms with van der Waals surface area (Å²) in [6, 6.07) is 6.39. The van der Waals surface area contributed by atoms with Crippen molar-refractivity contribution in [3.8, 4) is 16.9 Å². The molecule has 0 amide bonds. The summed E-state index contributed by atoms with van der Waals surface area (Å²) < 4.78 is 42.9. The smallest absolute Gasteiger partial charge is 0.433 e. The van der Waals surface area contributed by atoms with E-state index in [0.29, 0.717) is 11.3 Å². The minimum Gasteiger partial charge on any atom is -0.497 e. The van der Waals surface area contributed by atoms with Crippen molar-refractivity contribution < 1.29 is 17.9 Å². The van der Waals surface area contributed by atoms with Crippen LogP contribution in [-0.4, -0.2) is 17.3 Å². The number of nitrogens with zero attached hydrogens (tertiary/aromatic N) is 1. The van der Waals surface area contributed by atoms with Gasteiger partial charge in [0, 0.05) is 5.56 Å². The lowest BCUT2D eigenvalue weighted by Crippen LogP contribution is -2.07. The molecule has 0 saturated heterocycles. The van der Waals surface area contributed by atoms with Crippen LogP contribution in [0.15, 0.2) is 30.5 Å². The van der Waals surface area contributed by atoms with E-state index in [2.05, 4.69) is 5.10 Å². The van der Waals surface area contributed by atoms with Crippen LogP contribution in [0.3, 0.4) is 0 Å². The van der Waals surface area contributed by atoms with Crippen LogP contribution >= 0.6 is 0 Å². The van der Waals surface area contributed by atoms with Crippen LogP contribution in [-0.2, 0) is 6.18 Å². The van der Waals surface area contributed by atoms with Crippen molar-refractivity contribution in [1.29, 1.82) is 0 Å². The molecule has 3 nitrogen and oxygen atoms in total. The standard InChI is InChI=1S/C11H9F3N2O/c1-17-8-4-2-3-7(5-8)9-6-15-16-10(9)11(12,13)14/h2-6H,1H3,(H,15,16). The van der Waals surface area contributed by atoms with Gasteiger partial charge >= 0.3 is 6.18 Å². The van der Waals surface area contributed by atoms with Gasteiger partial charge in [-0.1, -0.05) is 12.1 Å². The van der Waals surface area contributed by atoms with E-state index in [1.807, 2.05) is 5.10 Å². The number of halogens is 3. The van der Waals surface area contributed by atoms with E-state index in [-0.39, 0.29) is 5.56 Å². The molecular formula is C11H9F3N2O. The molecule has 0 aliphatic rings. The van der Waals surface area contributed by atoms with E-state index >= 15 is 0 Å². The summed E-state index contributed by atoms with van der Waals surface area (Å²) in [5.74, 6) is 0.497. The van der Waals surface area contributed by atoms with Gasteiger partial charge in [0.2, 0.25) is 0 Å². The van der Waals surface area contributed by atoms with Crippen LogP contribution in [0.2, 0.25) is 0 Å². The van der Waals surface area contributed by atoms with Crippen LogP contribution in [0.4, 0.5) is 13.2 Å². The highest BCUT2D eigenvalue weighted by Crippen LogP contribution is 2.36. The van der Waals surface area contributed by atoms with Gasteiger partial charge in [0.15, 0.2) is 0 Å². The van der Waals surface area contributed by atoms with E-state index in [0.717, 1.165) is 6.20 Å². The Kier molecular flexibility index (Phi) is 2.79. The molecule has 2 aromatic rings. The number of benzene rings is 1. The summed E-state index contributed by atoms with van der Waals surface area (Å²) in [7, 11) is 1.46. The molecule has 0 fully saturated rings. The first-order valence-electron chi connectivity index (χ1n) is 4.77. The first kappa shape index (κ1) is 11.5. The lowest BCUT2D eigenvalue weighted by Gasteiger charge is -2.08. The van der Waals surface area contributed by atoms with Gasteiger partial charge in [-0.25, -0.2) is 0 Å². The Morgan fingerprint density at radius 2 is 2.06 bits per heavy atom. The van der Waals surface area contributed by atoms with Gasteiger partial charge in [0.25, 0.3) is 0 Å². The predicted octanol–water partition coefficient (Wildman–Crippen LogP) is 3.10. The molecule has 0 atom stereocenters. The third-order valence-corrected chi connectivity index (χ3v) is 2.30. The van der Waals surface area contributed by atoms with Crippen molar-refractivity contribution in [2.24, 2.45) is 0 Å². The average Bonchev–Trinajstić information content (AvgIpc) is 2.77. The summed E-state index contributed by atoms with van der Waals surface area (Å²) in [4.78, 5) is 0. The molecule has 0 unspecified atom stereocenters. The third-order valence-electron chi connectivity index (χ3n) is 2.30. The monoisotopic (exact) mass is 242 g/mol. The fourth-order valence-electron chi connectivity index (χ4n) is 1.51. The Bertz CT molecular complexity index is 519. The van der Waals surface area contributed by atoms with Crippen molar-refractivity contribution in [1.82, 2.24) is 10.2 Å². The van der Waals surface area contributed by atoms with Crippen molar-refractivity contribution in [2.75, 3.05) is 7.11 Å². The SMILES string of the molecule is COc1cccc(-c2cn[nH]c2C(F)(F)F)c1. The quantitative estimate of drug-likeness (QED) is 0.878. The second kappa shape index (κ2) is 4.12. The molecule has 0 radical (unpaired) electrons. The Labute approximate surface area is 95.2 Å². The molecule has 0 saturated carbocycles. The number of alkyl halides is 3. The van der Waals surface area contributed by atoms with Gasteiger partial charge in [0.05, 0.1) is 13.3 Å². The Balaban J connectivity index is 2.50. The first-order valence-corrected chi connectivity index (χ1v) is 4.77. The fourth-order valence-corrected chi connectivity index (χ4v) is 1.51. The second-order valence-electron chi connectivity index (χ2n) is 3.39. The van der Waals surface area contributed by atoms with Crippen molar-refractivity contribution in [3.63, 3.8) is 0 Å². The molecule has 1 aromatic heterocycles. The number of ether oxygens (including phenoxy) is 1.